The van der Waals surface area contributed by atoms with Crippen LogP contribution < -0.4 is 5.32 Å². The zero-order chi connectivity index (χ0) is 13.9. The Hall–Kier alpha value is -1.32. The van der Waals surface area contributed by atoms with Crippen LogP contribution in [-0.4, -0.2) is 22.7 Å². The van der Waals surface area contributed by atoms with Gasteiger partial charge in [-0.15, -0.1) is 0 Å². The molecule has 1 fully saturated rings. The molecule has 2 N–H and O–H groups in total. The molecule has 3 nitrogen and oxygen atoms in total. The van der Waals surface area contributed by atoms with E-state index in [0.717, 1.165) is 42.4 Å². The third-order valence-electron chi connectivity index (χ3n) is 4.04. The molecule has 1 heterocycles. The average Bonchev–Trinajstić information content (AvgIpc) is 2.44. The first-order valence-electron chi connectivity index (χ1n) is 7.18. The van der Waals surface area contributed by atoms with Crippen molar-refractivity contribution in [1.29, 1.82) is 0 Å². The summed E-state index contributed by atoms with van der Waals surface area (Å²) in [6.45, 7) is 0.902. The van der Waals surface area contributed by atoms with E-state index in [4.69, 9.17) is 11.6 Å². The Morgan fingerprint density at radius 1 is 1.30 bits per heavy atom. The lowest BCUT2D eigenvalue weighted by Crippen LogP contribution is -2.25. The van der Waals surface area contributed by atoms with E-state index in [1.54, 1.807) is 6.20 Å². The van der Waals surface area contributed by atoms with E-state index in [1.807, 2.05) is 24.3 Å². The van der Waals surface area contributed by atoms with Gasteiger partial charge in [-0.1, -0.05) is 18.0 Å². The third-order valence-corrected chi connectivity index (χ3v) is 4.28. The highest BCUT2D eigenvalue weighted by Gasteiger charge is 2.19. The maximum atomic E-state index is 9.73. The van der Waals surface area contributed by atoms with Crippen LogP contribution in [0.4, 0.5) is 5.69 Å². The number of aromatic nitrogens is 1. The van der Waals surface area contributed by atoms with E-state index >= 15 is 0 Å². The van der Waals surface area contributed by atoms with Crippen molar-refractivity contribution in [3.05, 3.63) is 35.5 Å². The minimum atomic E-state index is -0.122. The lowest BCUT2D eigenvalue weighted by Gasteiger charge is -2.26. The molecular weight excluding hydrogens is 272 g/mol. The van der Waals surface area contributed by atoms with E-state index in [1.165, 1.54) is 6.42 Å². The number of benzene rings is 1. The fraction of sp³-hybridized carbons (Fsp3) is 0.438. The number of hydrogen-bond donors (Lipinski definition) is 2. The molecule has 1 aromatic carbocycles. The summed E-state index contributed by atoms with van der Waals surface area (Å²) in [5.74, 6) is 0.550. The largest absolute Gasteiger partial charge is 0.393 e. The molecule has 2 aromatic rings. The summed E-state index contributed by atoms with van der Waals surface area (Å²) in [4.78, 5) is 4.35. The molecule has 1 aliphatic carbocycles. The third kappa shape index (κ3) is 3.05. The molecule has 0 saturated heterocycles. The number of halogens is 1. The molecule has 3 rings (SSSR count). The summed E-state index contributed by atoms with van der Waals surface area (Å²) in [5, 5.41) is 15.0. The first-order valence-corrected chi connectivity index (χ1v) is 7.56. The highest BCUT2D eigenvalue weighted by atomic mass is 35.5. The Balaban J connectivity index is 1.74. The van der Waals surface area contributed by atoms with Gasteiger partial charge < -0.3 is 10.4 Å². The van der Waals surface area contributed by atoms with E-state index in [9.17, 15) is 5.11 Å². The number of hydrogen-bond acceptors (Lipinski definition) is 3. The molecule has 0 spiro atoms. The molecule has 2 unspecified atom stereocenters. The predicted octanol–water partition coefficient (Wildman–Crippen LogP) is 3.85. The number of nitrogens with zero attached hydrogens (tertiary/aromatic N) is 1. The highest BCUT2D eigenvalue weighted by Crippen LogP contribution is 2.27. The fourth-order valence-corrected chi connectivity index (χ4v) is 3.14. The molecule has 0 amide bonds. The Labute approximate surface area is 124 Å². The number of pyridine rings is 1. The fourth-order valence-electron chi connectivity index (χ4n) is 2.98. The van der Waals surface area contributed by atoms with Crippen LogP contribution in [-0.2, 0) is 0 Å². The quantitative estimate of drug-likeness (QED) is 0.902. The number of fused-ring (bicyclic) bond motifs is 1. The number of anilines is 1. The van der Waals surface area contributed by atoms with Gasteiger partial charge in [0.25, 0.3) is 0 Å². The molecule has 0 aliphatic heterocycles. The molecule has 20 heavy (non-hydrogen) atoms. The maximum Gasteiger partial charge on any atom is 0.0737 e. The molecule has 0 radical (unpaired) electrons. The summed E-state index contributed by atoms with van der Waals surface area (Å²) < 4.78 is 0. The summed E-state index contributed by atoms with van der Waals surface area (Å²) >= 11 is 6.00. The Morgan fingerprint density at radius 3 is 3.05 bits per heavy atom. The smallest absolute Gasteiger partial charge is 0.0737 e. The molecular formula is C16H19ClN2O. The summed E-state index contributed by atoms with van der Waals surface area (Å²) in [7, 11) is 0. The minimum Gasteiger partial charge on any atom is -0.393 e. The van der Waals surface area contributed by atoms with E-state index in [2.05, 4.69) is 10.3 Å². The predicted molar refractivity (Wildman–Crippen MR) is 83.2 cm³/mol. The molecule has 1 aromatic heterocycles. The van der Waals surface area contributed by atoms with Crippen molar-refractivity contribution in [2.24, 2.45) is 5.92 Å². The van der Waals surface area contributed by atoms with Gasteiger partial charge in [0.05, 0.1) is 11.6 Å². The topological polar surface area (TPSA) is 45.1 Å². The van der Waals surface area contributed by atoms with E-state index in [0.29, 0.717) is 10.9 Å². The van der Waals surface area contributed by atoms with Crippen LogP contribution >= 0.6 is 11.6 Å². The average molecular weight is 291 g/mol. The lowest BCUT2D eigenvalue weighted by atomic mass is 9.87. The zero-order valence-corrected chi connectivity index (χ0v) is 12.1. The lowest BCUT2D eigenvalue weighted by molar-refractivity contribution is 0.105. The second-order valence-electron chi connectivity index (χ2n) is 5.59. The Morgan fingerprint density at radius 2 is 2.20 bits per heavy atom. The second-order valence-corrected chi connectivity index (χ2v) is 6.02. The van der Waals surface area contributed by atoms with Gasteiger partial charge in [-0.3, -0.25) is 4.98 Å². The molecule has 0 bridgehead atoms. The van der Waals surface area contributed by atoms with Crippen LogP contribution in [0.25, 0.3) is 10.9 Å². The first-order chi connectivity index (χ1) is 9.72. The summed E-state index contributed by atoms with van der Waals surface area (Å²) in [6.07, 6.45) is 5.86. The monoisotopic (exact) mass is 290 g/mol. The Kier molecular flexibility index (Phi) is 4.08. The summed E-state index contributed by atoms with van der Waals surface area (Å²) in [6, 6.07) is 7.77. The van der Waals surface area contributed by atoms with Crippen LogP contribution in [0.15, 0.2) is 30.5 Å². The standard InChI is InChI=1S/C16H19ClN2O/c17-12-4-5-14-15(6-7-18-16(14)9-12)19-10-11-2-1-3-13(20)8-11/h4-7,9,11,13,20H,1-3,8,10H2,(H,18,19). The van der Waals surface area contributed by atoms with Crippen LogP contribution in [0.1, 0.15) is 25.7 Å². The van der Waals surface area contributed by atoms with Gasteiger partial charge in [-0.25, -0.2) is 0 Å². The normalized spacial score (nSPS) is 22.9. The number of nitrogens with one attached hydrogen (secondary N) is 1. The van der Waals surface area contributed by atoms with Crippen molar-refractivity contribution < 1.29 is 5.11 Å². The summed E-state index contributed by atoms with van der Waals surface area (Å²) in [5.41, 5.74) is 2.00. The molecule has 1 aliphatic rings. The maximum absolute atomic E-state index is 9.73. The van der Waals surface area contributed by atoms with Gasteiger partial charge in [0.2, 0.25) is 0 Å². The van der Waals surface area contributed by atoms with E-state index in [-0.39, 0.29) is 6.10 Å². The number of rotatable bonds is 3. The number of aliphatic hydroxyl groups is 1. The van der Waals surface area contributed by atoms with Crippen LogP contribution in [0, 0.1) is 5.92 Å². The van der Waals surface area contributed by atoms with Crippen LogP contribution in [0.3, 0.4) is 0 Å². The van der Waals surface area contributed by atoms with Crippen molar-refractivity contribution in [3.8, 4) is 0 Å². The SMILES string of the molecule is OC1CCCC(CNc2ccnc3cc(Cl)ccc23)C1. The molecule has 4 heteroatoms. The van der Waals surface area contributed by atoms with Crippen molar-refractivity contribution in [1.82, 2.24) is 4.98 Å². The van der Waals surface area contributed by atoms with Gasteiger partial charge in [-0.2, -0.15) is 0 Å². The van der Waals surface area contributed by atoms with Gasteiger partial charge in [0.15, 0.2) is 0 Å². The van der Waals surface area contributed by atoms with Crippen molar-refractivity contribution in [2.45, 2.75) is 31.8 Å². The van der Waals surface area contributed by atoms with Crippen molar-refractivity contribution >= 4 is 28.2 Å². The van der Waals surface area contributed by atoms with Gasteiger partial charge in [0.1, 0.15) is 0 Å². The van der Waals surface area contributed by atoms with E-state index < -0.39 is 0 Å². The molecule has 106 valence electrons. The highest BCUT2D eigenvalue weighted by molar-refractivity contribution is 6.31. The second kappa shape index (κ2) is 5.98. The minimum absolute atomic E-state index is 0.122. The first kappa shape index (κ1) is 13.7. The number of aliphatic hydroxyl groups excluding tert-OH is 1. The van der Waals surface area contributed by atoms with Crippen LogP contribution in [0.5, 0.6) is 0 Å². The van der Waals surface area contributed by atoms with Crippen LogP contribution in [0.2, 0.25) is 5.02 Å². The molecule has 1 saturated carbocycles. The molecule has 2 atom stereocenters. The van der Waals surface area contributed by atoms with Crippen molar-refractivity contribution in [3.63, 3.8) is 0 Å². The van der Waals surface area contributed by atoms with Gasteiger partial charge >= 0.3 is 0 Å². The van der Waals surface area contributed by atoms with Gasteiger partial charge in [0, 0.05) is 28.8 Å². The Bertz CT molecular complexity index is 602. The van der Waals surface area contributed by atoms with Crippen molar-refractivity contribution in [2.75, 3.05) is 11.9 Å². The van der Waals surface area contributed by atoms with Gasteiger partial charge in [-0.05, 0) is 49.4 Å². The zero-order valence-electron chi connectivity index (χ0n) is 11.3.